The zero-order chi connectivity index (χ0) is 9.90. The Kier molecular flexibility index (Phi) is 2.83. The molecule has 0 saturated carbocycles. The first-order chi connectivity index (χ1) is 6.11. The van der Waals surface area contributed by atoms with Gasteiger partial charge in [-0.3, -0.25) is 0 Å². The van der Waals surface area contributed by atoms with Crippen molar-refractivity contribution in [3.05, 3.63) is 18.2 Å². The van der Waals surface area contributed by atoms with E-state index in [0.717, 1.165) is 12.1 Å². The number of hydrogen-bond acceptors (Lipinski definition) is 4. The van der Waals surface area contributed by atoms with Crippen molar-refractivity contribution >= 4 is 0 Å². The second-order valence-electron chi connectivity index (χ2n) is 3.21. The first-order valence-electron chi connectivity index (χ1n) is 4.25. The van der Waals surface area contributed by atoms with Crippen LogP contribution in [0.25, 0.3) is 0 Å². The predicted octanol–water partition coefficient (Wildman–Crippen LogP) is 1.07. The Morgan fingerprint density at radius 2 is 2.31 bits per heavy atom. The minimum Gasteiger partial charge on any atom is -0.493 e. The third kappa shape index (κ3) is 1.95. The highest BCUT2D eigenvalue weighted by molar-refractivity contribution is 5.29. The maximum absolute atomic E-state index is 6.04. The summed E-state index contributed by atoms with van der Waals surface area (Å²) in [5, 5.41) is 0. The Morgan fingerprint density at radius 3 is 2.85 bits per heavy atom. The third-order valence-electron chi connectivity index (χ3n) is 2.17. The molecule has 1 rings (SSSR count). The van der Waals surface area contributed by atoms with Crippen molar-refractivity contribution in [1.82, 2.24) is 9.97 Å². The van der Waals surface area contributed by atoms with Crippen molar-refractivity contribution in [3.63, 3.8) is 0 Å². The molecule has 0 aliphatic carbocycles. The van der Waals surface area contributed by atoms with Crippen LogP contribution in [-0.4, -0.2) is 17.1 Å². The van der Waals surface area contributed by atoms with Gasteiger partial charge in [-0.05, 0) is 13.3 Å². The number of methoxy groups -OCH3 is 1. The predicted molar refractivity (Wildman–Crippen MR) is 50.4 cm³/mol. The lowest BCUT2D eigenvalue weighted by Gasteiger charge is -2.23. The molecule has 1 aromatic rings. The highest BCUT2D eigenvalue weighted by atomic mass is 16.5. The van der Waals surface area contributed by atoms with E-state index in [-0.39, 0.29) is 0 Å². The monoisotopic (exact) mass is 181 g/mol. The van der Waals surface area contributed by atoms with Gasteiger partial charge in [0.2, 0.25) is 0 Å². The van der Waals surface area contributed by atoms with Gasteiger partial charge in [-0.2, -0.15) is 0 Å². The number of nitrogens with two attached hydrogens (primary N) is 1. The van der Waals surface area contributed by atoms with Crippen LogP contribution in [0.15, 0.2) is 12.5 Å². The molecule has 13 heavy (non-hydrogen) atoms. The molecule has 0 aliphatic heterocycles. The van der Waals surface area contributed by atoms with Gasteiger partial charge >= 0.3 is 0 Å². The fourth-order valence-electron chi connectivity index (χ4n) is 1.06. The second kappa shape index (κ2) is 3.70. The first-order valence-corrected chi connectivity index (χ1v) is 4.25. The van der Waals surface area contributed by atoms with Crippen molar-refractivity contribution < 1.29 is 4.74 Å². The van der Waals surface area contributed by atoms with E-state index < -0.39 is 5.54 Å². The highest BCUT2D eigenvalue weighted by Gasteiger charge is 2.24. The molecule has 1 atom stereocenters. The zero-order valence-corrected chi connectivity index (χ0v) is 8.24. The molecule has 0 amide bonds. The standard InChI is InChI=1S/C9H15N3O/c1-4-9(2,10)8-7(13-3)5-11-6-12-8/h5-6H,4,10H2,1-3H3. The number of rotatable bonds is 3. The fourth-order valence-corrected chi connectivity index (χ4v) is 1.06. The Hall–Kier alpha value is -1.16. The molecule has 0 fully saturated rings. The van der Waals surface area contributed by atoms with Crippen molar-refractivity contribution in [2.24, 2.45) is 5.73 Å². The van der Waals surface area contributed by atoms with Gasteiger partial charge in [-0.25, -0.2) is 9.97 Å². The Balaban J connectivity index is 3.12. The van der Waals surface area contributed by atoms with E-state index in [9.17, 15) is 0 Å². The van der Waals surface area contributed by atoms with Crippen LogP contribution in [0.1, 0.15) is 26.0 Å². The van der Waals surface area contributed by atoms with Crippen LogP contribution >= 0.6 is 0 Å². The SMILES string of the molecule is CCC(C)(N)c1ncncc1OC. The van der Waals surface area contributed by atoms with Crippen LogP contribution in [0.5, 0.6) is 5.75 Å². The van der Waals surface area contributed by atoms with Crippen molar-refractivity contribution in [2.45, 2.75) is 25.8 Å². The highest BCUT2D eigenvalue weighted by Crippen LogP contribution is 2.26. The lowest BCUT2D eigenvalue weighted by Crippen LogP contribution is -2.33. The van der Waals surface area contributed by atoms with E-state index in [1.54, 1.807) is 13.3 Å². The number of hydrogen-bond donors (Lipinski definition) is 1. The molecular formula is C9H15N3O. The molecule has 4 heteroatoms. The van der Waals surface area contributed by atoms with Crippen LogP contribution in [0.2, 0.25) is 0 Å². The Bertz CT molecular complexity index is 286. The number of nitrogens with zero attached hydrogens (tertiary/aromatic N) is 2. The minimum atomic E-state index is -0.450. The van der Waals surface area contributed by atoms with E-state index in [2.05, 4.69) is 9.97 Å². The van der Waals surface area contributed by atoms with Gasteiger partial charge in [0.15, 0.2) is 5.75 Å². The summed E-state index contributed by atoms with van der Waals surface area (Å²) in [7, 11) is 1.59. The molecule has 4 nitrogen and oxygen atoms in total. The molecule has 0 radical (unpaired) electrons. The van der Waals surface area contributed by atoms with Crippen LogP contribution in [-0.2, 0) is 5.54 Å². The van der Waals surface area contributed by atoms with Gasteiger partial charge < -0.3 is 10.5 Å². The molecule has 1 unspecified atom stereocenters. The van der Waals surface area contributed by atoms with Crippen molar-refractivity contribution in [2.75, 3.05) is 7.11 Å². The quantitative estimate of drug-likeness (QED) is 0.757. The molecular weight excluding hydrogens is 166 g/mol. The van der Waals surface area contributed by atoms with Crippen LogP contribution in [0.3, 0.4) is 0 Å². The average Bonchev–Trinajstić information content (AvgIpc) is 2.18. The van der Waals surface area contributed by atoms with Gasteiger partial charge in [-0.1, -0.05) is 6.92 Å². The van der Waals surface area contributed by atoms with E-state index in [1.165, 1.54) is 6.33 Å². The van der Waals surface area contributed by atoms with E-state index in [1.807, 2.05) is 13.8 Å². The molecule has 0 bridgehead atoms. The minimum absolute atomic E-state index is 0.450. The van der Waals surface area contributed by atoms with Crippen LogP contribution in [0, 0.1) is 0 Å². The average molecular weight is 181 g/mol. The summed E-state index contributed by atoms with van der Waals surface area (Å²) < 4.78 is 5.13. The lowest BCUT2D eigenvalue weighted by molar-refractivity contribution is 0.373. The first kappa shape index (κ1) is 9.92. The summed E-state index contributed by atoms with van der Waals surface area (Å²) in [6.07, 6.45) is 3.92. The molecule has 72 valence electrons. The van der Waals surface area contributed by atoms with Gasteiger partial charge in [0.1, 0.15) is 12.0 Å². The van der Waals surface area contributed by atoms with Gasteiger partial charge in [0.05, 0.1) is 18.8 Å². The largest absolute Gasteiger partial charge is 0.493 e. The maximum Gasteiger partial charge on any atom is 0.160 e. The molecule has 0 saturated heterocycles. The molecule has 1 heterocycles. The second-order valence-corrected chi connectivity index (χ2v) is 3.21. The molecule has 0 aliphatic rings. The molecule has 0 aromatic carbocycles. The lowest BCUT2D eigenvalue weighted by atomic mass is 9.95. The summed E-state index contributed by atoms with van der Waals surface area (Å²) in [6.45, 7) is 3.94. The van der Waals surface area contributed by atoms with E-state index in [4.69, 9.17) is 10.5 Å². The van der Waals surface area contributed by atoms with Crippen LogP contribution in [0.4, 0.5) is 0 Å². The smallest absolute Gasteiger partial charge is 0.160 e. The number of ether oxygens (including phenoxy) is 1. The van der Waals surface area contributed by atoms with Crippen LogP contribution < -0.4 is 10.5 Å². The topological polar surface area (TPSA) is 61.0 Å². The van der Waals surface area contributed by atoms with Crippen molar-refractivity contribution in [1.29, 1.82) is 0 Å². The Morgan fingerprint density at radius 1 is 1.62 bits per heavy atom. The summed E-state index contributed by atoms with van der Waals surface area (Å²) in [5.41, 5.74) is 6.35. The molecule has 2 N–H and O–H groups in total. The molecule has 0 spiro atoms. The van der Waals surface area contributed by atoms with Crippen molar-refractivity contribution in [3.8, 4) is 5.75 Å². The van der Waals surface area contributed by atoms with Gasteiger partial charge in [0, 0.05) is 0 Å². The molecule has 1 aromatic heterocycles. The van der Waals surface area contributed by atoms with Gasteiger partial charge in [-0.15, -0.1) is 0 Å². The summed E-state index contributed by atoms with van der Waals surface area (Å²) >= 11 is 0. The van der Waals surface area contributed by atoms with Gasteiger partial charge in [0.25, 0.3) is 0 Å². The third-order valence-corrected chi connectivity index (χ3v) is 2.17. The summed E-state index contributed by atoms with van der Waals surface area (Å²) in [4.78, 5) is 8.00. The number of aromatic nitrogens is 2. The normalized spacial score (nSPS) is 15.1. The van der Waals surface area contributed by atoms with E-state index in [0.29, 0.717) is 5.75 Å². The Labute approximate surface area is 78.1 Å². The fraction of sp³-hybridized carbons (Fsp3) is 0.556. The zero-order valence-electron chi connectivity index (χ0n) is 8.24. The summed E-state index contributed by atoms with van der Waals surface area (Å²) in [5.74, 6) is 0.648. The maximum atomic E-state index is 6.04. The summed E-state index contributed by atoms with van der Waals surface area (Å²) in [6, 6.07) is 0. The van der Waals surface area contributed by atoms with E-state index >= 15 is 0 Å².